The van der Waals surface area contributed by atoms with Crippen LogP contribution in [0.5, 0.6) is 0 Å². The summed E-state index contributed by atoms with van der Waals surface area (Å²) in [5.74, 6) is 0.982. The number of nitrogens with one attached hydrogen (secondary N) is 1. The van der Waals surface area contributed by atoms with Gasteiger partial charge in [-0.05, 0) is 48.5 Å². The van der Waals surface area contributed by atoms with Crippen LogP contribution in [0.3, 0.4) is 0 Å². The average Bonchev–Trinajstić information content (AvgIpc) is 2.54. The molecule has 0 spiro atoms. The third-order valence-electron chi connectivity index (χ3n) is 3.38. The molecule has 0 aliphatic rings. The van der Waals surface area contributed by atoms with Crippen LogP contribution >= 0.6 is 11.8 Å². The van der Waals surface area contributed by atoms with Crippen molar-refractivity contribution >= 4 is 22.7 Å². The Labute approximate surface area is 129 Å². The average molecular weight is 294 g/mol. The summed E-state index contributed by atoms with van der Waals surface area (Å²) in [7, 11) is 1.97. The molecule has 0 radical (unpaired) electrons. The molecule has 3 aromatic rings. The van der Waals surface area contributed by atoms with Gasteiger partial charge in [-0.3, -0.25) is 4.98 Å². The number of pyridine rings is 1. The van der Waals surface area contributed by atoms with Crippen molar-refractivity contribution in [2.45, 2.75) is 17.2 Å². The first-order chi connectivity index (χ1) is 10.3. The van der Waals surface area contributed by atoms with Crippen LogP contribution in [-0.2, 0) is 12.3 Å². The van der Waals surface area contributed by atoms with Crippen molar-refractivity contribution in [3.63, 3.8) is 0 Å². The molecule has 0 saturated heterocycles. The highest BCUT2D eigenvalue weighted by atomic mass is 32.2. The standard InChI is InChI=1S/C18H18N2S/c1-19-12-14-4-7-17(8-5-14)21-13-15-6-9-18-16(11-15)3-2-10-20-18/h2-11,19H,12-13H2,1H3. The summed E-state index contributed by atoms with van der Waals surface area (Å²) in [6.07, 6.45) is 1.84. The van der Waals surface area contributed by atoms with E-state index in [-0.39, 0.29) is 0 Å². The van der Waals surface area contributed by atoms with Gasteiger partial charge in [0.25, 0.3) is 0 Å². The molecule has 3 heteroatoms. The molecule has 0 saturated carbocycles. The second-order valence-electron chi connectivity index (χ2n) is 4.99. The van der Waals surface area contributed by atoms with E-state index in [2.05, 4.69) is 58.8 Å². The van der Waals surface area contributed by atoms with Crippen molar-refractivity contribution in [1.82, 2.24) is 10.3 Å². The summed E-state index contributed by atoms with van der Waals surface area (Å²) in [5, 5.41) is 4.37. The molecule has 0 fully saturated rings. The Balaban J connectivity index is 1.68. The van der Waals surface area contributed by atoms with Crippen LogP contribution in [0.25, 0.3) is 10.9 Å². The zero-order valence-electron chi connectivity index (χ0n) is 12.0. The normalized spacial score (nSPS) is 10.9. The smallest absolute Gasteiger partial charge is 0.0702 e. The van der Waals surface area contributed by atoms with Gasteiger partial charge in [-0.1, -0.05) is 24.3 Å². The maximum absolute atomic E-state index is 4.36. The minimum absolute atomic E-state index is 0.919. The Bertz CT molecular complexity index is 723. The number of benzene rings is 2. The molecule has 0 bridgehead atoms. The number of hydrogen-bond acceptors (Lipinski definition) is 3. The first-order valence-corrected chi connectivity index (χ1v) is 8.04. The topological polar surface area (TPSA) is 24.9 Å². The summed E-state index contributed by atoms with van der Waals surface area (Å²) >= 11 is 1.87. The van der Waals surface area contributed by atoms with Crippen molar-refractivity contribution in [3.05, 3.63) is 71.9 Å². The number of fused-ring (bicyclic) bond motifs is 1. The lowest BCUT2D eigenvalue weighted by atomic mass is 10.1. The van der Waals surface area contributed by atoms with Crippen LogP contribution in [0, 0.1) is 0 Å². The summed E-state index contributed by atoms with van der Waals surface area (Å²) in [6.45, 7) is 0.919. The molecule has 1 heterocycles. The van der Waals surface area contributed by atoms with Crippen LogP contribution < -0.4 is 5.32 Å². The van der Waals surface area contributed by atoms with Gasteiger partial charge in [0.05, 0.1) is 5.52 Å². The predicted molar refractivity (Wildman–Crippen MR) is 90.5 cm³/mol. The van der Waals surface area contributed by atoms with Gasteiger partial charge >= 0.3 is 0 Å². The fourth-order valence-corrected chi connectivity index (χ4v) is 3.13. The third kappa shape index (κ3) is 3.63. The van der Waals surface area contributed by atoms with Gasteiger partial charge in [0, 0.05) is 28.8 Å². The first-order valence-electron chi connectivity index (χ1n) is 7.05. The van der Waals surface area contributed by atoms with E-state index in [0.717, 1.165) is 17.8 Å². The Kier molecular flexibility index (Phi) is 4.53. The molecule has 0 atom stereocenters. The molecule has 21 heavy (non-hydrogen) atoms. The Morgan fingerprint density at radius 1 is 1.00 bits per heavy atom. The Hall–Kier alpha value is -1.84. The summed E-state index contributed by atoms with van der Waals surface area (Å²) in [4.78, 5) is 5.66. The van der Waals surface area contributed by atoms with Crippen molar-refractivity contribution in [3.8, 4) is 0 Å². The number of thioether (sulfide) groups is 1. The van der Waals surface area contributed by atoms with E-state index in [1.54, 1.807) is 0 Å². The van der Waals surface area contributed by atoms with Crippen molar-refractivity contribution in [1.29, 1.82) is 0 Å². The van der Waals surface area contributed by atoms with Gasteiger partial charge in [0.1, 0.15) is 0 Å². The predicted octanol–water partition coefficient (Wildman–Crippen LogP) is 4.25. The van der Waals surface area contributed by atoms with E-state index in [1.807, 2.05) is 31.1 Å². The lowest BCUT2D eigenvalue weighted by Gasteiger charge is -2.05. The van der Waals surface area contributed by atoms with Gasteiger partial charge in [0.15, 0.2) is 0 Å². The molecule has 0 aliphatic heterocycles. The van der Waals surface area contributed by atoms with Crippen molar-refractivity contribution < 1.29 is 0 Å². The number of nitrogens with zero attached hydrogens (tertiary/aromatic N) is 1. The zero-order valence-corrected chi connectivity index (χ0v) is 12.9. The monoisotopic (exact) mass is 294 g/mol. The van der Waals surface area contributed by atoms with Crippen LogP contribution in [-0.4, -0.2) is 12.0 Å². The van der Waals surface area contributed by atoms with Gasteiger partial charge in [-0.2, -0.15) is 0 Å². The fraction of sp³-hybridized carbons (Fsp3) is 0.167. The highest BCUT2D eigenvalue weighted by Gasteiger charge is 2.00. The van der Waals surface area contributed by atoms with E-state index >= 15 is 0 Å². The van der Waals surface area contributed by atoms with Gasteiger partial charge in [-0.25, -0.2) is 0 Å². The molecule has 0 amide bonds. The molecule has 0 aliphatic carbocycles. The minimum atomic E-state index is 0.919. The summed E-state index contributed by atoms with van der Waals surface area (Å²) < 4.78 is 0. The van der Waals surface area contributed by atoms with Gasteiger partial charge in [-0.15, -0.1) is 11.8 Å². The van der Waals surface area contributed by atoms with Crippen molar-refractivity contribution in [2.24, 2.45) is 0 Å². The zero-order chi connectivity index (χ0) is 14.5. The molecule has 1 aromatic heterocycles. The van der Waals surface area contributed by atoms with E-state index < -0.39 is 0 Å². The minimum Gasteiger partial charge on any atom is -0.316 e. The molecule has 106 valence electrons. The second-order valence-corrected chi connectivity index (χ2v) is 6.04. The fourth-order valence-electron chi connectivity index (χ4n) is 2.29. The lowest BCUT2D eigenvalue weighted by Crippen LogP contribution is -2.04. The maximum Gasteiger partial charge on any atom is 0.0702 e. The van der Waals surface area contributed by atoms with E-state index in [1.165, 1.54) is 21.4 Å². The second kappa shape index (κ2) is 6.74. The van der Waals surface area contributed by atoms with Crippen LogP contribution in [0.1, 0.15) is 11.1 Å². The first kappa shape index (κ1) is 14.1. The third-order valence-corrected chi connectivity index (χ3v) is 4.46. The van der Waals surface area contributed by atoms with E-state index in [0.29, 0.717) is 0 Å². The highest BCUT2D eigenvalue weighted by Crippen LogP contribution is 2.24. The number of hydrogen-bond donors (Lipinski definition) is 1. The molecule has 2 aromatic carbocycles. The summed E-state index contributed by atoms with van der Waals surface area (Å²) in [6, 6.07) is 19.3. The van der Waals surface area contributed by atoms with Crippen LogP contribution in [0.15, 0.2) is 65.7 Å². The van der Waals surface area contributed by atoms with E-state index in [4.69, 9.17) is 0 Å². The summed E-state index contributed by atoms with van der Waals surface area (Å²) in [5.41, 5.74) is 3.71. The Morgan fingerprint density at radius 3 is 2.62 bits per heavy atom. The van der Waals surface area contributed by atoms with E-state index in [9.17, 15) is 0 Å². The molecule has 2 nitrogen and oxygen atoms in total. The van der Waals surface area contributed by atoms with Gasteiger partial charge in [0.2, 0.25) is 0 Å². The molecular formula is C18H18N2S. The van der Waals surface area contributed by atoms with Crippen molar-refractivity contribution in [2.75, 3.05) is 7.05 Å². The lowest BCUT2D eigenvalue weighted by molar-refractivity contribution is 0.817. The maximum atomic E-state index is 4.36. The van der Waals surface area contributed by atoms with Gasteiger partial charge < -0.3 is 5.32 Å². The molecule has 0 unspecified atom stereocenters. The number of aromatic nitrogens is 1. The van der Waals surface area contributed by atoms with Crippen LogP contribution in [0.4, 0.5) is 0 Å². The highest BCUT2D eigenvalue weighted by molar-refractivity contribution is 7.98. The quantitative estimate of drug-likeness (QED) is 0.712. The molecular weight excluding hydrogens is 276 g/mol. The molecule has 1 N–H and O–H groups in total. The largest absolute Gasteiger partial charge is 0.316 e. The molecule has 3 rings (SSSR count). The van der Waals surface area contributed by atoms with Crippen LogP contribution in [0.2, 0.25) is 0 Å². The number of rotatable bonds is 5. The SMILES string of the molecule is CNCc1ccc(SCc2ccc3ncccc3c2)cc1. The Morgan fingerprint density at radius 2 is 1.81 bits per heavy atom.